The summed E-state index contributed by atoms with van der Waals surface area (Å²) in [5, 5.41) is 16.0. The van der Waals surface area contributed by atoms with Gasteiger partial charge in [0.2, 0.25) is 0 Å². The number of nitrogens with zero attached hydrogens (tertiary/aromatic N) is 3. The molecular formula is C31H33BrN6O6S. The standard InChI is InChI=1S/C31H33BrN6O6S/c32-22-1-3-26(29(16-22)44-24-15-21-5-10-33-30(21)35-19-24)31(39)36-45(42)25-2-4-27(28(17-25)38(40)41)34-18-20-6-11-37(12-7-20)23-8-13-43-14-9-23/h1-5,10,15-17,19-20,23,34H,6-9,11-14,18H2,(H,33,35)(H,36,39). The number of nitro groups is 1. The summed E-state index contributed by atoms with van der Waals surface area (Å²) >= 11 is 3.40. The third-order valence-corrected chi connectivity index (χ3v) is 9.84. The summed E-state index contributed by atoms with van der Waals surface area (Å²) in [5.41, 5.74) is 0.994. The molecule has 2 saturated heterocycles. The highest BCUT2D eigenvalue weighted by atomic mass is 79.9. The molecule has 4 heterocycles. The van der Waals surface area contributed by atoms with E-state index in [1.54, 1.807) is 30.5 Å². The number of aromatic nitrogens is 2. The Labute approximate surface area is 270 Å². The lowest BCUT2D eigenvalue weighted by atomic mass is 9.94. The maximum atomic E-state index is 13.2. The van der Waals surface area contributed by atoms with Crippen molar-refractivity contribution in [3.05, 3.63) is 81.1 Å². The fourth-order valence-corrected chi connectivity index (χ4v) is 6.97. The lowest BCUT2D eigenvalue weighted by Crippen LogP contribution is -2.44. The number of pyridine rings is 1. The number of halogens is 1. The Hall–Kier alpha value is -3.85. The number of likely N-dealkylation sites (tertiary alicyclic amines) is 1. The fraction of sp³-hybridized carbons (Fsp3) is 0.355. The van der Waals surface area contributed by atoms with Crippen LogP contribution in [0.25, 0.3) is 11.0 Å². The number of carbonyl (C=O) groups is 1. The first-order valence-electron chi connectivity index (χ1n) is 14.8. The molecule has 0 radical (unpaired) electrons. The van der Waals surface area contributed by atoms with Crippen molar-refractivity contribution in [3.63, 3.8) is 0 Å². The molecular weight excluding hydrogens is 664 g/mol. The summed E-state index contributed by atoms with van der Waals surface area (Å²) in [4.78, 5) is 34.7. The van der Waals surface area contributed by atoms with Crippen molar-refractivity contribution in [2.24, 2.45) is 5.92 Å². The quantitative estimate of drug-likeness (QED) is 0.138. The Balaban J connectivity index is 1.09. The highest BCUT2D eigenvalue weighted by molar-refractivity contribution is 9.10. The maximum absolute atomic E-state index is 13.2. The predicted octanol–water partition coefficient (Wildman–Crippen LogP) is 5.78. The molecule has 14 heteroatoms. The van der Waals surface area contributed by atoms with Crippen LogP contribution in [-0.4, -0.2) is 68.8 Å². The summed E-state index contributed by atoms with van der Waals surface area (Å²) < 4.78 is 27.8. The zero-order chi connectivity index (χ0) is 31.3. The molecule has 1 atom stereocenters. The smallest absolute Gasteiger partial charge is 0.293 e. The molecule has 2 aliphatic rings. The van der Waals surface area contributed by atoms with Crippen molar-refractivity contribution in [3.8, 4) is 11.5 Å². The number of ether oxygens (including phenoxy) is 2. The second-order valence-electron chi connectivity index (χ2n) is 11.2. The van der Waals surface area contributed by atoms with Gasteiger partial charge in [0.05, 0.1) is 21.6 Å². The number of hydrogen-bond acceptors (Lipinski definition) is 9. The van der Waals surface area contributed by atoms with E-state index in [1.807, 2.05) is 6.07 Å². The van der Waals surface area contributed by atoms with E-state index in [2.05, 4.69) is 40.8 Å². The van der Waals surface area contributed by atoms with Gasteiger partial charge in [0.15, 0.2) is 11.0 Å². The molecule has 45 heavy (non-hydrogen) atoms. The van der Waals surface area contributed by atoms with Crippen LogP contribution in [0.1, 0.15) is 36.0 Å². The third-order valence-electron chi connectivity index (χ3n) is 8.29. The first kappa shape index (κ1) is 31.1. The van der Waals surface area contributed by atoms with Crippen LogP contribution in [-0.2, 0) is 15.7 Å². The fourth-order valence-electron chi connectivity index (χ4n) is 5.82. The maximum Gasteiger partial charge on any atom is 0.293 e. The van der Waals surface area contributed by atoms with Crippen molar-refractivity contribution in [2.75, 3.05) is 38.2 Å². The Morgan fingerprint density at radius 1 is 1.13 bits per heavy atom. The Kier molecular flexibility index (Phi) is 9.73. The van der Waals surface area contributed by atoms with Gasteiger partial charge in [-0.1, -0.05) is 15.9 Å². The number of amides is 1. The van der Waals surface area contributed by atoms with Gasteiger partial charge in [0.25, 0.3) is 11.6 Å². The number of H-pyrrole nitrogens is 1. The normalized spacial score (nSPS) is 17.2. The number of piperidine rings is 1. The Morgan fingerprint density at radius 2 is 1.93 bits per heavy atom. The molecule has 0 aliphatic carbocycles. The van der Waals surface area contributed by atoms with Crippen LogP contribution >= 0.6 is 15.9 Å². The number of benzene rings is 2. The zero-order valence-corrected chi connectivity index (χ0v) is 26.8. The average Bonchev–Trinajstić information content (AvgIpc) is 3.52. The van der Waals surface area contributed by atoms with Gasteiger partial charge < -0.3 is 24.7 Å². The number of hydrogen-bond donors (Lipinski definition) is 3. The number of fused-ring (bicyclic) bond motifs is 1. The SMILES string of the molecule is O=C(NS(=O)c1ccc(NCC2CCN(C3CCOCC3)CC2)c([N+](=O)[O-])c1)c1ccc(Br)cc1Oc1cnc2[nH]ccc2c1. The van der Waals surface area contributed by atoms with Gasteiger partial charge >= 0.3 is 0 Å². The largest absolute Gasteiger partial charge is 0.455 e. The molecule has 1 unspecified atom stereocenters. The molecule has 12 nitrogen and oxygen atoms in total. The second-order valence-corrected chi connectivity index (χ2v) is 13.3. The third kappa shape index (κ3) is 7.52. The highest BCUT2D eigenvalue weighted by Gasteiger charge is 2.27. The van der Waals surface area contributed by atoms with E-state index < -0.39 is 21.8 Å². The number of carbonyl (C=O) groups excluding carboxylic acids is 1. The van der Waals surface area contributed by atoms with Crippen LogP contribution in [0.3, 0.4) is 0 Å². The molecule has 3 N–H and O–H groups in total. The summed E-state index contributed by atoms with van der Waals surface area (Å²) in [6.07, 6.45) is 7.48. The topological polar surface area (TPSA) is 152 Å². The Morgan fingerprint density at radius 3 is 2.71 bits per heavy atom. The van der Waals surface area contributed by atoms with Gasteiger partial charge in [0, 0.05) is 47.9 Å². The van der Waals surface area contributed by atoms with Crippen LogP contribution in [0.5, 0.6) is 11.5 Å². The molecule has 2 aliphatic heterocycles. The van der Waals surface area contributed by atoms with Gasteiger partial charge in [-0.3, -0.25) is 19.6 Å². The molecule has 2 aromatic carbocycles. The van der Waals surface area contributed by atoms with E-state index in [9.17, 15) is 19.1 Å². The molecule has 0 saturated carbocycles. The van der Waals surface area contributed by atoms with Gasteiger partial charge in [0.1, 0.15) is 22.8 Å². The summed E-state index contributed by atoms with van der Waals surface area (Å²) in [7, 11) is -2.07. The first-order chi connectivity index (χ1) is 21.8. The van der Waals surface area contributed by atoms with E-state index in [1.165, 1.54) is 24.4 Å². The molecule has 0 bridgehead atoms. The number of nitro benzene ring substituents is 1. The van der Waals surface area contributed by atoms with Crippen LogP contribution in [0, 0.1) is 16.0 Å². The molecule has 2 aromatic heterocycles. The van der Waals surface area contributed by atoms with E-state index >= 15 is 0 Å². The lowest BCUT2D eigenvalue weighted by Gasteiger charge is -2.39. The molecule has 6 rings (SSSR count). The minimum atomic E-state index is -2.07. The van der Waals surface area contributed by atoms with Crippen molar-refractivity contribution in [1.29, 1.82) is 0 Å². The minimum Gasteiger partial charge on any atom is -0.455 e. The van der Waals surface area contributed by atoms with Crippen molar-refractivity contribution < 1.29 is 23.4 Å². The van der Waals surface area contributed by atoms with Crippen LogP contribution in [0.15, 0.2) is 70.3 Å². The monoisotopic (exact) mass is 696 g/mol. The van der Waals surface area contributed by atoms with Crippen molar-refractivity contribution >= 4 is 55.2 Å². The van der Waals surface area contributed by atoms with Crippen molar-refractivity contribution in [2.45, 2.75) is 36.6 Å². The molecule has 4 aromatic rings. The van der Waals surface area contributed by atoms with Crippen molar-refractivity contribution in [1.82, 2.24) is 19.6 Å². The van der Waals surface area contributed by atoms with Crippen LogP contribution < -0.4 is 14.8 Å². The van der Waals surface area contributed by atoms with E-state index in [-0.39, 0.29) is 21.9 Å². The minimum absolute atomic E-state index is 0.104. The summed E-state index contributed by atoms with van der Waals surface area (Å²) in [6, 6.07) is 13.4. The average molecular weight is 698 g/mol. The molecule has 236 valence electrons. The summed E-state index contributed by atoms with van der Waals surface area (Å²) in [5.74, 6) is 0.374. The summed E-state index contributed by atoms with van der Waals surface area (Å²) in [6.45, 7) is 4.29. The second kappa shape index (κ2) is 14.1. The molecule has 0 spiro atoms. The van der Waals surface area contributed by atoms with Crippen LogP contribution in [0.2, 0.25) is 0 Å². The molecule has 2 fully saturated rings. The number of anilines is 1. The molecule has 1 amide bonds. The number of rotatable bonds is 10. The highest BCUT2D eigenvalue weighted by Crippen LogP contribution is 2.31. The van der Waals surface area contributed by atoms with Gasteiger partial charge in [-0.2, -0.15) is 0 Å². The van der Waals surface area contributed by atoms with Gasteiger partial charge in [-0.05, 0) is 87.2 Å². The van der Waals surface area contributed by atoms with E-state index in [4.69, 9.17) is 9.47 Å². The number of nitrogens with one attached hydrogen (secondary N) is 3. The van der Waals surface area contributed by atoms with Crippen LogP contribution in [0.4, 0.5) is 11.4 Å². The lowest BCUT2D eigenvalue weighted by molar-refractivity contribution is -0.384. The van der Waals surface area contributed by atoms with E-state index in [0.717, 1.165) is 57.4 Å². The van der Waals surface area contributed by atoms with E-state index in [0.29, 0.717) is 40.1 Å². The predicted molar refractivity (Wildman–Crippen MR) is 174 cm³/mol. The van der Waals surface area contributed by atoms with Gasteiger partial charge in [-0.15, -0.1) is 0 Å². The first-order valence-corrected chi connectivity index (χ1v) is 16.8. The van der Waals surface area contributed by atoms with Gasteiger partial charge in [-0.25, -0.2) is 9.19 Å². The zero-order valence-electron chi connectivity index (χ0n) is 24.4. The number of aromatic amines is 1. The Bertz CT molecular complexity index is 1720.